The zero-order valence-corrected chi connectivity index (χ0v) is 15.2. The van der Waals surface area contributed by atoms with Crippen LogP contribution < -0.4 is 4.72 Å². The summed E-state index contributed by atoms with van der Waals surface area (Å²) in [4.78, 5) is 0.395. The third kappa shape index (κ3) is 3.61. The highest BCUT2D eigenvalue weighted by Gasteiger charge is 2.21. The van der Waals surface area contributed by atoms with Gasteiger partial charge in [0, 0.05) is 19.5 Å². The minimum absolute atomic E-state index is 0.299. The van der Waals surface area contributed by atoms with Crippen LogP contribution in [-0.2, 0) is 23.0 Å². The molecule has 0 spiro atoms. The Bertz CT molecular complexity index is 783. The zero-order valence-electron chi connectivity index (χ0n) is 14.3. The molecule has 0 aliphatic carbocycles. The molecule has 23 heavy (non-hydrogen) atoms. The molecule has 6 nitrogen and oxygen atoms in total. The Hall–Kier alpha value is -1.73. The van der Waals surface area contributed by atoms with Gasteiger partial charge in [-0.25, -0.2) is 13.1 Å². The predicted octanol–water partition coefficient (Wildman–Crippen LogP) is 2.05. The number of sulfonamides is 1. The van der Waals surface area contributed by atoms with E-state index in [-0.39, 0.29) is 0 Å². The van der Waals surface area contributed by atoms with Crippen molar-refractivity contribution >= 4 is 10.0 Å². The van der Waals surface area contributed by atoms with E-state index in [0.717, 1.165) is 34.6 Å². The van der Waals surface area contributed by atoms with Crippen LogP contribution >= 0.6 is 0 Å². The monoisotopic (exact) mass is 336 g/mol. The molecule has 0 saturated carbocycles. The lowest BCUT2D eigenvalue weighted by atomic mass is 10.0. The van der Waals surface area contributed by atoms with Gasteiger partial charge in [0.25, 0.3) is 0 Å². The molecule has 2 aromatic rings. The summed E-state index contributed by atoms with van der Waals surface area (Å²) in [6.07, 6.45) is 2.16. The minimum Gasteiger partial charge on any atom is -0.318 e. The summed E-state index contributed by atoms with van der Waals surface area (Å²) in [5, 5.41) is 7.87. The van der Waals surface area contributed by atoms with Gasteiger partial charge in [-0.2, -0.15) is 0 Å². The van der Waals surface area contributed by atoms with Gasteiger partial charge < -0.3 is 4.57 Å². The van der Waals surface area contributed by atoms with Gasteiger partial charge in [-0.1, -0.05) is 6.07 Å². The van der Waals surface area contributed by atoms with Gasteiger partial charge >= 0.3 is 0 Å². The van der Waals surface area contributed by atoms with Crippen molar-refractivity contribution in [2.24, 2.45) is 0 Å². The molecule has 1 aromatic carbocycles. The third-order valence-electron chi connectivity index (χ3n) is 4.24. The third-order valence-corrected chi connectivity index (χ3v) is 5.98. The average molecular weight is 336 g/mol. The van der Waals surface area contributed by atoms with Gasteiger partial charge in [0.1, 0.15) is 12.2 Å². The Balaban J connectivity index is 2.20. The molecule has 0 aliphatic rings. The van der Waals surface area contributed by atoms with Gasteiger partial charge in [-0.3, -0.25) is 0 Å². The van der Waals surface area contributed by atoms with Crippen molar-refractivity contribution in [1.82, 2.24) is 19.5 Å². The van der Waals surface area contributed by atoms with Crippen LogP contribution in [0.1, 0.15) is 35.0 Å². The van der Waals surface area contributed by atoms with Gasteiger partial charge in [0.05, 0.1) is 4.90 Å². The number of benzene rings is 1. The summed E-state index contributed by atoms with van der Waals surface area (Å²) in [5.41, 5.74) is 3.58. The maximum Gasteiger partial charge on any atom is 0.241 e. The molecule has 1 N–H and O–H groups in total. The van der Waals surface area contributed by atoms with Crippen molar-refractivity contribution in [3.8, 4) is 0 Å². The predicted molar refractivity (Wildman–Crippen MR) is 90.0 cm³/mol. The molecule has 7 heteroatoms. The number of aryl methyl sites for hydroxylation is 3. The summed E-state index contributed by atoms with van der Waals surface area (Å²) >= 11 is 0. The van der Waals surface area contributed by atoms with Gasteiger partial charge in [0.15, 0.2) is 0 Å². The van der Waals surface area contributed by atoms with Crippen molar-refractivity contribution in [3.63, 3.8) is 0 Å². The zero-order chi connectivity index (χ0) is 17.2. The Morgan fingerprint density at radius 3 is 2.30 bits per heavy atom. The first-order chi connectivity index (χ1) is 10.8. The standard InChI is InChI=1S/C16H24N4O2S/c1-6-20-10-17-19-15(20)7-8-18-23(21,22)16-13(4)11(2)9-12(3)14(16)5/h9-10,18H,6-8H2,1-5H3. The van der Waals surface area contributed by atoms with E-state index >= 15 is 0 Å². The molecule has 1 heterocycles. The van der Waals surface area contributed by atoms with Crippen molar-refractivity contribution in [3.05, 3.63) is 40.5 Å². The van der Waals surface area contributed by atoms with E-state index in [0.29, 0.717) is 17.9 Å². The van der Waals surface area contributed by atoms with Crippen LogP contribution in [0.3, 0.4) is 0 Å². The van der Waals surface area contributed by atoms with Crippen LogP contribution in [0.25, 0.3) is 0 Å². The second-order valence-electron chi connectivity index (χ2n) is 5.77. The molecule has 0 amide bonds. The molecular weight excluding hydrogens is 312 g/mol. The summed E-state index contributed by atoms with van der Waals surface area (Å²) < 4.78 is 30.0. The molecule has 2 rings (SSSR count). The first-order valence-electron chi connectivity index (χ1n) is 7.71. The van der Waals surface area contributed by atoms with Crippen LogP contribution in [0.15, 0.2) is 17.3 Å². The van der Waals surface area contributed by atoms with E-state index < -0.39 is 10.0 Å². The number of nitrogens with zero attached hydrogens (tertiary/aromatic N) is 3. The quantitative estimate of drug-likeness (QED) is 0.876. The van der Waals surface area contributed by atoms with Crippen LogP contribution in [0, 0.1) is 27.7 Å². The topological polar surface area (TPSA) is 76.9 Å². The van der Waals surface area contributed by atoms with Crippen molar-refractivity contribution in [2.45, 2.75) is 52.5 Å². The van der Waals surface area contributed by atoms with Crippen molar-refractivity contribution in [2.75, 3.05) is 6.54 Å². The van der Waals surface area contributed by atoms with Gasteiger partial charge in [0.2, 0.25) is 10.0 Å². The number of rotatable bonds is 6. The van der Waals surface area contributed by atoms with Crippen molar-refractivity contribution < 1.29 is 8.42 Å². The Morgan fingerprint density at radius 1 is 1.13 bits per heavy atom. The fourth-order valence-corrected chi connectivity index (χ4v) is 4.33. The number of hydrogen-bond acceptors (Lipinski definition) is 4. The van der Waals surface area contributed by atoms with Gasteiger partial charge in [-0.05, 0) is 56.9 Å². The Labute approximate surface area is 138 Å². The molecule has 0 bridgehead atoms. The Morgan fingerprint density at radius 2 is 1.74 bits per heavy atom. The molecule has 126 valence electrons. The second kappa shape index (κ2) is 6.80. The molecule has 0 radical (unpaired) electrons. The van der Waals surface area contributed by atoms with E-state index in [1.54, 1.807) is 6.33 Å². The van der Waals surface area contributed by atoms with E-state index in [4.69, 9.17) is 0 Å². The highest BCUT2D eigenvalue weighted by Crippen LogP contribution is 2.25. The fourth-order valence-electron chi connectivity index (χ4n) is 2.69. The number of nitrogens with one attached hydrogen (secondary N) is 1. The highest BCUT2D eigenvalue weighted by molar-refractivity contribution is 7.89. The van der Waals surface area contributed by atoms with Crippen LogP contribution in [-0.4, -0.2) is 29.7 Å². The van der Waals surface area contributed by atoms with Crippen molar-refractivity contribution in [1.29, 1.82) is 0 Å². The summed E-state index contributed by atoms with van der Waals surface area (Å²) in [6, 6.07) is 2.02. The van der Waals surface area contributed by atoms with Crippen LogP contribution in [0.5, 0.6) is 0 Å². The summed E-state index contributed by atoms with van der Waals surface area (Å²) in [7, 11) is -3.55. The lowest BCUT2D eigenvalue weighted by Crippen LogP contribution is -2.28. The number of hydrogen-bond donors (Lipinski definition) is 1. The molecular formula is C16H24N4O2S. The SMILES string of the molecule is CCn1cnnc1CCNS(=O)(=O)c1c(C)c(C)cc(C)c1C. The molecule has 0 fully saturated rings. The van der Waals surface area contributed by atoms with Gasteiger partial charge in [-0.15, -0.1) is 10.2 Å². The molecule has 0 saturated heterocycles. The maximum absolute atomic E-state index is 12.7. The first-order valence-corrected chi connectivity index (χ1v) is 9.20. The molecule has 1 aromatic heterocycles. The smallest absolute Gasteiger partial charge is 0.241 e. The fraction of sp³-hybridized carbons (Fsp3) is 0.500. The first kappa shape index (κ1) is 17.6. The largest absolute Gasteiger partial charge is 0.318 e. The number of aromatic nitrogens is 3. The maximum atomic E-state index is 12.7. The van der Waals surface area contributed by atoms with E-state index in [1.165, 1.54) is 0 Å². The van der Waals surface area contributed by atoms with E-state index in [1.807, 2.05) is 45.3 Å². The highest BCUT2D eigenvalue weighted by atomic mass is 32.2. The summed E-state index contributed by atoms with van der Waals surface area (Å²) in [5.74, 6) is 0.782. The minimum atomic E-state index is -3.55. The van der Waals surface area contributed by atoms with E-state index in [2.05, 4.69) is 14.9 Å². The lowest BCUT2D eigenvalue weighted by molar-refractivity contribution is 0.577. The Kier molecular flexibility index (Phi) is 5.21. The van der Waals surface area contributed by atoms with E-state index in [9.17, 15) is 8.42 Å². The van der Waals surface area contributed by atoms with Crippen LogP contribution in [0.2, 0.25) is 0 Å². The molecule has 0 atom stereocenters. The summed E-state index contributed by atoms with van der Waals surface area (Å²) in [6.45, 7) is 10.6. The molecule has 0 aliphatic heterocycles. The molecule has 0 unspecified atom stereocenters. The lowest BCUT2D eigenvalue weighted by Gasteiger charge is -2.16. The second-order valence-corrected chi connectivity index (χ2v) is 7.47. The average Bonchev–Trinajstić information content (AvgIpc) is 2.92. The van der Waals surface area contributed by atoms with Crippen LogP contribution in [0.4, 0.5) is 0 Å². The normalized spacial score (nSPS) is 11.9.